The number of halogens is 3. The van der Waals surface area contributed by atoms with Gasteiger partial charge in [-0.2, -0.15) is 18.3 Å². The predicted molar refractivity (Wildman–Crippen MR) is 132 cm³/mol. The predicted octanol–water partition coefficient (Wildman–Crippen LogP) is 4.24. The molecule has 2 amide bonds. The number of nitrogens with zero attached hydrogens (tertiary/aromatic N) is 3. The summed E-state index contributed by atoms with van der Waals surface area (Å²) in [6.45, 7) is 0.768. The molecule has 1 saturated heterocycles. The highest BCUT2D eigenvalue weighted by Crippen LogP contribution is 2.42. The van der Waals surface area contributed by atoms with Gasteiger partial charge in [-0.3, -0.25) is 19.6 Å². The van der Waals surface area contributed by atoms with Gasteiger partial charge < -0.3 is 20.1 Å². The zero-order valence-corrected chi connectivity index (χ0v) is 20.2. The van der Waals surface area contributed by atoms with Crippen molar-refractivity contribution in [3.8, 4) is 11.3 Å². The third-order valence-corrected chi connectivity index (χ3v) is 5.93. The number of morpholine rings is 1. The molecule has 1 fully saturated rings. The van der Waals surface area contributed by atoms with Crippen molar-refractivity contribution in [2.45, 2.75) is 12.6 Å². The molecule has 4 rings (SSSR count). The maximum Gasteiger partial charge on any atom is 0.418 e. The number of aromatic nitrogens is 2. The van der Waals surface area contributed by atoms with Crippen LogP contribution in [0.1, 0.15) is 22.3 Å². The minimum atomic E-state index is -4.79. The van der Waals surface area contributed by atoms with Gasteiger partial charge in [0.15, 0.2) is 5.78 Å². The summed E-state index contributed by atoms with van der Waals surface area (Å²) in [5.41, 5.74) is -0.316. The van der Waals surface area contributed by atoms with Crippen molar-refractivity contribution in [2.24, 2.45) is 7.05 Å². The summed E-state index contributed by atoms with van der Waals surface area (Å²) < 4.78 is 48.7. The number of aryl methyl sites for hydroxylation is 1. The molecular weight excluding hydrogens is 507 g/mol. The Bertz CT molecular complexity index is 1370. The number of Topliss-reactive ketones (excluding diaryl/α,β-unsaturated/α-hetero) is 1. The van der Waals surface area contributed by atoms with Crippen LogP contribution in [0.4, 0.5) is 35.0 Å². The summed E-state index contributed by atoms with van der Waals surface area (Å²) in [4.78, 5) is 38.3. The molecule has 1 aliphatic rings. The topological polar surface area (TPSA) is 126 Å². The smallest absolute Gasteiger partial charge is 0.418 e. The molecule has 1 aliphatic heterocycles. The Hall–Kier alpha value is -4.39. The molecule has 0 unspecified atom stereocenters. The Balaban J connectivity index is 1.59. The van der Waals surface area contributed by atoms with E-state index in [9.17, 15) is 32.7 Å². The first-order chi connectivity index (χ1) is 18.0. The van der Waals surface area contributed by atoms with Gasteiger partial charge in [0, 0.05) is 37.5 Å². The summed E-state index contributed by atoms with van der Waals surface area (Å²) in [6, 6.07) is 9.97. The van der Waals surface area contributed by atoms with E-state index in [0.29, 0.717) is 11.6 Å². The van der Waals surface area contributed by atoms with Crippen molar-refractivity contribution in [3.63, 3.8) is 0 Å². The number of anilines is 3. The third kappa shape index (κ3) is 6.11. The van der Waals surface area contributed by atoms with Crippen molar-refractivity contribution < 1.29 is 37.4 Å². The van der Waals surface area contributed by atoms with Gasteiger partial charge in [0.1, 0.15) is 0 Å². The molecular formula is C25H24F3N5O5. The second-order valence-electron chi connectivity index (χ2n) is 8.51. The first kappa shape index (κ1) is 26.7. The van der Waals surface area contributed by atoms with Crippen LogP contribution in [0.15, 0.2) is 48.7 Å². The summed E-state index contributed by atoms with van der Waals surface area (Å²) >= 11 is 0. The van der Waals surface area contributed by atoms with Crippen molar-refractivity contribution in [1.82, 2.24) is 9.78 Å². The van der Waals surface area contributed by atoms with E-state index in [1.54, 1.807) is 42.2 Å². The monoisotopic (exact) mass is 531 g/mol. The average Bonchev–Trinajstić information content (AvgIpc) is 3.30. The van der Waals surface area contributed by atoms with Crippen LogP contribution >= 0.6 is 0 Å². The fourth-order valence-electron chi connectivity index (χ4n) is 4.15. The van der Waals surface area contributed by atoms with Crippen molar-refractivity contribution in [2.75, 3.05) is 41.8 Å². The SMILES string of the molecule is Cn1nccc1-c1cccc(C(=O)CC(=O)Nc2cc(C(F)(F)F)c(N3CCOCC3)cc2NC(=O)O)c1. The summed E-state index contributed by atoms with van der Waals surface area (Å²) in [6.07, 6.45) is -5.40. The van der Waals surface area contributed by atoms with Gasteiger partial charge in [0.05, 0.1) is 48.0 Å². The van der Waals surface area contributed by atoms with Crippen LogP contribution in [-0.4, -0.2) is 59.0 Å². The van der Waals surface area contributed by atoms with Gasteiger partial charge in [-0.05, 0) is 24.3 Å². The molecule has 1 aromatic heterocycles. The minimum absolute atomic E-state index is 0.174. The maximum absolute atomic E-state index is 14.0. The quantitative estimate of drug-likeness (QED) is 0.308. The number of hydrogen-bond acceptors (Lipinski definition) is 6. The van der Waals surface area contributed by atoms with Crippen LogP contribution in [0.5, 0.6) is 0 Å². The fourth-order valence-corrected chi connectivity index (χ4v) is 4.15. The van der Waals surface area contributed by atoms with Gasteiger partial charge in [0.25, 0.3) is 0 Å². The Labute approximate surface area is 215 Å². The van der Waals surface area contributed by atoms with Gasteiger partial charge in [-0.25, -0.2) is 4.79 Å². The Morgan fingerprint density at radius 3 is 2.39 bits per heavy atom. The molecule has 2 aromatic carbocycles. The second-order valence-corrected chi connectivity index (χ2v) is 8.51. The molecule has 0 radical (unpaired) electrons. The van der Waals surface area contributed by atoms with Crippen LogP contribution in [0.3, 0.4) is 0 Å². The summed E-state index contributed by atoms with van der Waals surface area (Å²) in [5, 5.41) is 17.6. The van der Waals surface area contributed by atoms with Crippen molar-refractivity contribution >= 4 is 34.8 Å². The number of carbonyl (C=O) groups excluding carboxylic acids is 2. The lowest BCUT2D eigenvalue weighted by molar-refractivity contribution is -0.137. The number of nitrogens with one attached hydrogen (secondary N) is 2. The van der Waals surface area contributed by atoms with Crippen LogP contribution in [0.25, 0.3) is 11.3 Å². The highest BCUT2D eigenvalue weighted by atomic mass is 19.4. The molecule has 200 valence electrons. The first-order valence-corrected chi connectivity index (χ1v) is 11.5. The lowest BCUT2D eigenvalue weighted by Crippen LogP contribution is -2.37. The van der Waals surface area contributed by atoms with Crippen molar-refractivity contribution in [3.05, 3.63) is 59.8 Å². The lowest BCUT2D eigenvalue weighted by atomic mass is 10.0. The maximum atomic E-state index is 14.0. The van der Waals surface area contributed by atoms with Crippen LogP contribution in [0, 0.1) is 0 Å². The number of ketones is 1. The van der Waals surface area contributed by atoms with E-state index in [0.717, 1.165) is 11.8 Å². The van der Waals surface area contributed by atoms with E-state index in [4.69, 9.17) is 4.74 Å². The lowest BCUT2D eigenvalue weighted by Gasteiger charge is -2.32. The van der Waals surface area contributed by atoms with E-state index in [2.05, 4.69) is 10.4 Å². The van der Waals surface area contributed by atoms with Gasteiger partial charge in [-0.1, -0.05) is 18.2 Å². The number of carbonyl (C=O) groups is 3. The van der Waals surface area contributed by atoms with Gasteiger partial charge in [-0.15, -0.1) is 0 Å². The number of amides is 2. The molecule has 13 heteroatoms. The molecule has 0 saturated carbocycles. The normalized spacial score (nSPS) is 13.7. The molecule has 0 atom stereocenters. The third-order valence-electron chi connectivity index (χ3n) is 5.93. The molecule has 10 nitrogen and oxygen atoms in total. The molecule has 3 aromatic rings. The zero-order valence-electron chi connectivity index (χ0n) is 20.2. The highest BCUT2D eigenvalue weighted by molar-refractivity contribution is 6.12. The Morgan fingerprint density at radius 2 is 1.76 bits per heavy atom. The molecule has 2 heterocycles. The molecule has 38 heavy (non-hydrogen) atoms. The molecule has 3 N–H and O–H groups in total. The minimum Gasteiger partial charge on any atom is -0.465 e. The molecule has 0 bridgehead atoms. The van der Waals surface area contributed by atoms with Crippen LogP contribution in [0.2, 0.25) is 0 Å². The highest BCUT2D eigenvalue weighted by Gasteiger charge is 2.37. The van der Waals surface area contributed by atoms with E-state index in [1.165, 1.54) is 11.0 Å². The first-order valence-electron chi connectivity index (χ1n) is 11.5. The number of carboxylic acid groups (broad SMARTS) is 1. The Kier molecular flexibility index (Phi) is 7.67. The van der Waals surface area contributed by atoms with Crippen LogP contribution in [-0.2, 0) is 22.8 Å². The molecule has 0 aliphatic carbocycles. The van der Waals surface area contributed by atoms with Crippen molar-refractivity contribution in [1.29, 1.82) is 0 Å². The number of ether oxygens (including phenoxy) is 1. The van der Waals surface area contributed by atoms with Crippen LogP contribution < -0.4 is 15.5 Å². The standard InChI is InChI=1S/C25H24F3N5O5/c1-32-20(5-6-29-32)15-3-2-4-16(11-15)22(34)14-23(35)30-18-12-17(25(26,27)28)21(13-19(18)31-24(36)37)33-7-9-38-10-8-33/h2-6,11-13,31H,7-10,14H2,1H3,(H,30,35)(H,36,37). The number of hydrogen-bond donors (Lipinski definition) is 3. The average molecular weight is 531 g/mol. The fraction of sp³-hybridized carbons (Fsp3) is 0.280. The Morgan fingerprint density at radius 1 is 1.05 bits per heavy atom. The summed E-state index contributed by atoms with van der Waals surface area (Å²) in [5.74, 6) is -1.47. The second kappa shape index (κ2) is 10.9. The largest absolute Gasteiger partial charge is 0.465 e. The van der Waals surface area contributed by atoms with Gasteiger partial charge in [0.2, 0.25) is 5.91 Å². The molecule has 0 spiro atoms. The number of rotatable bonds is 7. The number of alkyl halides is 3. The zero-order chi connectivity index (χ0) is 27.4. The number of benzene rings is 2. The summed E-state index contributed by atoms with van der Waals surface area (Å²) in [7, 11) is 1.74. The van der Waals surface area contributed by atoms with E-state index < -0.39 is 41.6 Å². The van der Waals surface area contributed by atoms with Gasteiger partial charge >= 0.3 is 12.3 Å². The van der Waals surface area contributed by atoms with E-state index in [1.807, 2.05) is 5.32 Å². The van der Waals surface area contributed by atoms with E-state index >= 15 is 0 Å². The van der Waals surface area contributed by atoms with E-state index in [-0.39, 0.29) is 43.2 Å².